The van der Waals surface area contributed by atoms with Gasteiger partial charge in [-0.25, -0.2) is 0 Å². The number of amides is 2. The highest BCUT2D eigenvalue weighted by molar-refractivity contribution is 6.00. The molecule has 3 aromatic carbocycles. The van der Waals surface area contributed by atoms with E-state index in [1.807, 2.05) is 72.5 Å². The molecule has 1 aliphatic rings. The average molecular weight is 442 g/mol. The molecular formula is C28H31N3O2. The highest BCUT2D eigenvalue weighted by atomic mass is 16.2. The minimum atomic E-state index is -0.0408. The second-order valence-corrected chi connectivity index (χ2v) is 8.77. The maximum Gasteiger partial charge on any atom is 0.255 e. The minimum absolute atomic E-state index is 0.0205. The van der Waals surface area contributed by atoms with Gasteiger partial charge in [0, 0.05) is 30.4 Å². The molecule has 0 aromatic heterocycles. The summed E-state index contributed by atoms with van der Waals surface area (Å²) in [6.07, 6.45) is 1.49. The number of carbonyl (C=O) groups is 2. The van der Waals surface area contributed by atoms with Crippen molar-refractivity contribution >= 4 is 23.2 Å². The summed E-state index contributed by atoms with van der Waals surface area (Å²) in [6.45, 7) is 7.35. The molecule has 0 spiro atoms. The zero-order valence-electron chi connectivity index (χ0n) is 19.5. The van der Waals surface area contributed by atoms with Crippen LogP contribution in [-0.4, -0.2) is 35.8 Å². The van der Waals surface area contributed by atoms with Crippen LogP contribution in [0.15, 0.2) is 66.7 Å². The first kappa shape index (κ1) is 22.6. The molecule has 33 heavy (non-hydrogen) atoms. The number of benzene rings is 3. The Bertz CT molecular complexity index is 1160. The fourth-order valence-electron chi connectivity index (χ4n) is 4.30. The number of anilines is 2. The summed E-state index contributed by atoms with van der Waals surface area (Å²) in [5.74, 6) is -0.0203. The minimum Gasteiger partial charge on any atom is -0.355 e. The topological polar surface area (TPSA) is 61.4 Å². The quantitative estimate of drug-likeness (QED) is 0.558. The van der Waals surface area contributed by atoms with E-state index in [0.717, 1.165) is 29.8 Å². The zero-order chi connectivity index (χ0) is 23.4. The number of para-hydroxylation sites is 1. The summed E-state index contributed by atoms with van der Waals surface area (Å²) < 4.78 is 0. The number of hydrogen-bond acceptors (Lipinski definition) is 3. The molecule has 0 bridgehead atoms. The van der Waals surface area contributed by atoms with Crippen LogP contribution >= 0.6 is 0 Å². The molecule has 0 atom stereocenters. The Labute approximate surface area is 195 Å². The lowest BCUT2D eigenvalue weighted by Gasteiger charge is -2.33. The van der Waals surface area contributed by atoms with E-state index in [-0.39, 0.29) is 17.9 Å². The molecule has 0 unspecified atom stereocenters. The van der Waals surface area contributed by atoms with Crippen molar-refractivity contribution in [3.05, 3.63) is 94.5 Å². The van der Waals surface area contributed by atoms with Gasteiger partial charge in [-0.15, -0.1) is 0 Å². The summed E-state index contributed by atoms with van der Waals surface area (Å²) in [6, 6.07) is 21.5. The van der Waals surface area contributed by atoms with Crippen molar-refractivity contribution in [3.63, 3.8) is 0 Å². The van der Waals surface area contributed by atoms with E-state index in [4.69, 9.17) is 0 Å². The van der Waals surface area contributed by atoms with Crippen molar-refractivity contribution in [2.24, 2.45) is 0 Å². The number of hydrogen-bond donors (Lipinski definition) is 2. The molecule has 4 rings (SSSR count). The Balaban J connectivity index is 1.41. The SMILES string of the molecule is Cc1ccccc1C(=O)NC1CCN(C(=O)c2ccccc2Nc2cccc(C)c2C)CC1. The van der Waals surface area contributed by atoms with Crippen molar-refractivity contribution in [2.45, 2.75) is 39.7 Å². The van der Waals surface area contributed by atoms with Crippen LogP contribution in [0.5, 0.6) is 0 Å². The van der Waals surface area contributed by atoms with Gasteiger partial charge in [-0.1, -0.05) is 42.5 Å². The van der Waals surface area contributed by atoms with E-state index < -0.39 is 0 Å². The van der Waals surface area contributed by atoms with Crippen LogP contribution in [0.2, 0.25) is 0 Å². The summed E-state index contributed by atoms with van der Waals surface area (Å²) >= 11 is 0. The van der Waals surface area contributed by atoms with Crippen molar-refractivity contribution in [2.75, 3.05) is 18.4 Å². The first-order valence-electron chi connectivity index (χ1n) is 11.5. The Hall–Kier alpha value is -3.60. The maximum absolute atomic E-state index is 13.4. The molecule has 2 N–H and O–H groups in total. The zero-order valence-corrected chi connectivity index (χ0v) is 19.5. The smallest absolute Gasteiger partial charge is 0.255 e. The number of nitrogens with one attached hydrogen (secondary N) is 2. The van der Waals surface area contributed by atoms with E-state index >= 15 is 0 Å². The Morgan fingerprint density at radius 3 is 2.09 bits per heavy atom. The monoisotopic (exact) mass is 441 g/mol. The number of rotatable bonds is 5. The molecule has 1 fully saturated rings. The molecule has 0 saturated carbocycles. The van der Waals surface area contributed by atoms with Crippen molar-refractivity contribution in [3.8, 4) is 0 Å². The number of piperidine rings is 1. The highest BCUT2D eigenvalue weighted by Crippen LogP contribution is 2.27. The number of carbonyl (C=O) groups excluding carboxylic acids is 2. The molecule has 1 heterocycles. The van der Waals surface area contributed by atoms with Crippen LogP contribution in [0.1, 0.15) is 50.2 Å². The first-order chi connectivity index (χ1) is 15.9. The van der Waals surface area contributed by atoms with E-state index in [9.17, 15) is 9.59 Å². The third-order valence-corrected chi connectivity index (χ3v) is 6.54. The number of aryl methyl sites for hydroxylation is 2. The Kier molecular flexibility index (Phi) is 6.78. The largest absolute Gasteiger partial charge is 0.355 e. The standard InChI is InChI=1S/C28H31N3O2/c1-19-10-8-14-25(21(19)3)30-26-13-7-6-12-24(26)28(33)31-17-15-22(16-18-31)29-27(32)23-11-5-4-9-20(23)2/h4-14,22,30H,15-18H2,1-3H3,(H,29,32). The van der Waals surface area contributed by atoms with Gasteiger partial charge in [0.2, 0.25) is 0 Å². The van der Waals surface area contributed by atoms with Gasteiger partial charge >= 0.3 is 0 Å². The van der Waals surface area contributed by atoms with Crippen molar-refractivity contribution in [1.82, 2.24) is 10.2 Å². The lowest BCUT2D eigenvalue weighted by Crippen LogP contribution is -2.46. The fraction of sp³-hybridized carbons (Fsp3) is 0.286. The number of nitrogens with zero attached hydrogens (tertiary/aromatic N) is 1. The fourth-order valence-corrected chi connectivity index (χ4v) is 4.30. The predicted octanol–water partition coefficient (Wildman–Crippen LogP) is 5.39. The van der Waals surface area contributed by atoms with Gasteiger partial charge < -0.3 is 15.5 Å². The van der Waals surface area contributed by atoms with Crippen molar-refractivity contribution in [1.29, 1.82) is 0 Å². The molecule has 2 amide bonds. The van der Waals surface area contributed by atoms with Gasteiger partial charge in [0.05, 0.1) is 11.3 Å². The van der Waals surface area contributed by atoms with Gasteiger partial charge in [0.1, 0.15) is 0 Å². The molecule has 1 aliphatic heterocycles. The summed E-state index contributed by atoms with van der Waals surface area (Å²) in [4.78, 5) is 27.9. The molecule has 3 aromatic rings. The van der Waals surface area contributed by atoms with Crippen LogP contribution in [-0.2, 0) is 0 Å². The molecule has 0 aliphatic carbocycles. The third-order valence-electron chi connectivity index (χ3n) is 6.54. The van der Waals surface area contributed by atoms with E-state index in [1.54, 1.807) is 0 Å². The summed E-state index contributed by atoms with van der Waals surface area (Å²) in [5, 5.41) is 6.60. The lowest BCUT2D eigenvalue weighted by atomic mass is 10.0. The Morgan fingerprint density at radius 2 is 1.36 bits per heavy atom. The molecule has 1 saturated heterocycles. The third kappa shape index (κ3) is 5.08. The van der Waals surface area contributed by atoms with Crippen LogP contribution in [0.25, 0.3) is 0 Å². The van der Waals surface area contributed by atoms with Gasteiger partial charge in [-0.05, 0) is 74.6 Å². The molecule has 170 valence electrons. The second-order valence-electron chi connectivity index (χ2n) is 8.77. The maximum atomic E-state index is 13.4. The number of likely N-dealkylation sites (tertiary alicyclic amines) is 1. The van der Waals surface area contributed by atoms with E-state index in [1.165, 1.54) is 11.1 Å². The van der Waals surface area contributed by atoms with Crippen LogP contribution in [0.4, 0.5) is 11.4 Å². The predicted molar refractivity (Wildman–Crippen MR) is 133 cm³/mol. The van der Waals surface area contributed by atoms with Crippen LogP contribution in [0, 0.1) is 20.8 Å². The van der Waals surface area contributed by atoms with Gasteiger partial charge in [0.25, 0.3) is 11.8 Å². The highest BCUT2D eigenvalue weighted by Gasteiger charge is 2.26. The average Bonchev–Trinajstić information content (AvgIpc) is 2.82. The summed E-state index contributed by atoms with van der Waals surface area (Å²) in [7, 11) is 0. The van der Waals surface area contributed by atoms with Crippen LogP contribution < -0.4 is 10.6 Å². The summed E-state index contributed by atoms with van der Waals surface area (Å²) in [5.41, 5.74) is 6.54. The van der Waals surface area contributed by atoms with Gasteiger partial charge in [-0.3, -0.25) is 9.59 Å². The molecular weight excluding hydrogens is 410 g/mol. The Morgan fingerprint density at radius 1 is 0.758 bits per heavy atom. The van der Waals surface area contributed by atoms with E-state index in [0.29, 0.717) is 24.2 Å². The molecule has 5 nitrogen and oxygen atoms in total. The molecule has 5 heteroatoms. The van der Waals surface area contributed by atoms with Crippen molar-refractivity contribution < 1.29 is 9.59 Å². The van der Waals surface area contributed by atoms with E-state index in [2.05, 4.69) is 30.5 Å². The van der Waals surface area contributed by atoms with Crippen LogP contribution in [0.3, 0.4) is 0 Å². The second kappa shape index (κ2) is 9.90. The lowest BCUT2D eigenvalue weighted by molar-refractivity contribution is 0.0699. The van der Waals surface area contributed by atoms with Gasteiger partial charge in [0.15, 0.2) is 0 Å². The van der Waals surface area contributed by atoms with Gasteiger partial charge in [-0.2, -0.15) is 0 Å². The normalized spacial score (nSPS) is 14.1. The molecule has 0 radical (unpaired) electrons. The first-order valence-corrected chi connectivity index (χ1v) is 11.5.